The maximum Gasteiger partial charge on any atom is 0.416 e. The first kappa shape index (κ1) is 20.4. The molecule has 0 saturated heterocycles. The Bertz CT molecular complexity index is 1050. The zero-order valence-corrected chi connectivity index (χ0v) is 16.0. The molecule has 0 aromatic heterocycles. The van der Waals surface area contributed by atoms with E-state index in [1.165, 1.54) is 18.2 Å². The van der Waals surface area contributed by atoms with Gasteiger partial charge in [0.2, 0.25) is 0 Å². The van der Waals surface area contributed by atoms with Crippen molar-refractivity contribution in [2.24, 2.45) is 0 Å². The molecule has 0 fully saturated rings. The molecule has 0 spiro atoms. The van der Waals surface area contributed by atoms with Gasteiger partial charge in [-0.1, -0.05) is 48.6 Å². The van der Waals surface area contributed by atoms with Crippen LogP contribution in [0.1, 0.15) is 32.6 Å². The molecule has 148 valence electrons. The van der Waals surface area contributed by atoms with E-state index < -0.39 is 11.7 Å². The third-order valence-corrected chi connectivity index (χ3v) is 4.74. The molecular weight excluding hydrogens is 377 g/mol. The first-order valence-corrected chi connectivity index (χ1v) is 8.92. The van der Waals surface area contributed by atoms with Crippen molar-refractivity contribution in [3.05, 3.63) is 88.5 Å². The summed E-state index contributed by atoms with van der Waals surface area (Å²) in [6.45, 7) is 1.92. The summed E-state index contributed by atoms with van der Waals surface area (Å²) in [6, 6.07) is 16.6. The van der Waals surface area contributed by atoms with Crippen molar-refractivity contribution in [2.75, 3.05) is 7.11 Å². The van der Waals surface area contributed by atoms with E-state index in [4.69, 9.17) is 4.74 Å². The van der Waals surface area contributed by atoms with Crippen LogP contribution in [-0.2, 0) is 6.18 Å². The number of hydrogen-bond acceptors (Lipinski definition) is 2. The van der Waals surface area contributed by atoms with Crippen LogP contribution in [0, 0.1) is 6.92 Å². The second-order valence-electron chi connectivity index (χ2n) is 6.54. The number of rotatable bonds is 5. The molecule has 0 saturated carbocycles. The predicted octanol–water partition coefficient (Wildman–Crippen LogP) is 6.67. The summed E-state index contributed by atoms with van der Waals surface area (Å²) in [7, 11) is 1.60. The highest BCUT2D eigenvalue weighted by Crippen LogP contribution is 2.34. The zero-order valence-electron chi connectivity index (χ0n) is 16.0. The maximum absolute atomic E-state index is 13.3. The first-order chi connectivity index (χ1) is 13.8. The van der Waals surface area contributed by atoms with Crippen LogP contribution < -0.4 is 4.74 Å². The minimum atomic E-state index is -4.50. The van der Waals surface area contributed by atoms with E-state index in [0.717, 1.165) is 34.1 Å². The van der Waals surface area contributed by atoms with E-state index in [2.05, 4.69) is 0 Å². The van der Waals surface area contributed by atoms with Crippen LogP contribution in [0.3, 0.4) is 0 Å². The molecule has 0 N–H and O–H groups in total. The second kappa shape index (κ2) is 8.35. The lowest BCUT2D eigenvalue weighted by molar-refractivity contribution is -0.137. The van der Waals surface area contributed by atoms with Crippen LogP contribution in [0.2, 0.25) is 0 Å². The average molecular weight is 396 g/mol. The summed E-state index contributed by atoms with van der Waals surface area (Å²) < 4.78 is 45.1. The summed E-state index contributed by atoms with van der Waals surface area (Å²) >= 11 is 0. The molecule has 2 nitrogen and oxygen atoms in total. The highest BCUT2D eigenvalue weighted by atomic mass is 19.4. The van der Waals surface area contributed by atoms with E-state index >= 15 is 0 Å². The Morgan fingerprint density at radius 1 is 0.897 bits per heavy atom. The van der Waals surface area contributed by atoms with Crippen molar-refractivity contribution < 1.29 is 22.7 Å². The number of methoxy groups -OCH3 is 1. The summed E-state index contributed by atoms with van der Waals surface area (Å²) in [6.07, 6.45) is -0.925. The van der Waals surface area contributed by atoms with Gasteiger partial charge in [0.15, 0.2) is 0 Å². The molecule has 0 amide bonds. The van der Waals surface area contributed by atoms with E-state index in [9.17, 15) is 18.0 Å². The number of carbonyl (C=O) groups excluding carboxylic acids is 1. The van der Waals surface area contributed by atoms with Gasteiger partial charge in [-0.2, -0.15) is 13.2 Å². The van der Waals surface area contributed by atoms with Gasteiger partial charge >= 0.3 is 6.18 Å². The quantitative estimate of drug-likeness (QED) is 0.355. The normalized spacial score (nSPS) is 11.6. The third kappa shape index (κ3) is 4.57. The van der Waals surface area contributed by atoms with Crippen LogP contribution in [0.25, 0.3) is 23.3 Å². The maximum atomic E-state index is 13.3. The Morgan fingerprint density at radius 3 is 2.21 bits per heavy atom. The topological polar surface area (TPSA) is 26.3 Å². The summed E-state index contributed by atoms with van der Waals surface area (Å²) in [5.41, 5.74) is 3.07. The van der Waals surface area contributed by atoms with Gasteiger partial charge in [-0.15, -0.1) is 0 Å². The van der Waals surface area contributed by atoms with E-state index in [-0.39, 0.29) is 11.1 Å². The lowest BCUT2D eigenvalue weighted by atomic mass is 9.95. The number of halogens is 3. The molecule has 0 unspecified atom stereocenters. The fraction of sp³-hybridized carbons (Fsp3) is 0.125. The zero-order chi connectivity index (χ0) is 21.0. The fourth-order valence-electron chi connectivity index (χ4n) is 3.15. The van der Waals surface area contributed by atoms with Gasteiger partial charge in [0.25, 0.3) is 0 Å². The van der Waals surface area contributed by atoms with Crippen molar-refractivity contribution in [3.8, 4) is 16.9 Å². The Labute approximate surface area is 167 Å². The Morgan fingerprint density at radius 2 is 1.59 bits per heavy atom. The van der Waals surface area contributed by atoms with E-state index in [1.54, 1.807) is 13.2 Å². The van der Waals surface area contributed by atoms with Gasteiger partial charge in [-0.3, -0.25) is 4.79 Å². The number of carbonyl (C=O) groups is 1. The molecule has 0 aliphatic rings. The van der Waals surface area contributed by atoms with Gasteiger partial charge in [0.1, 0.15) is 12.0 Å². The van der Waals surface area contributed by atoms with Gasteiger partial charge in [-0.05, 0) is 59.0 Å². The Balaban J connectivity index is 2.01. The molecule has 3 aromatic rings. The van der Waals surface area contributed by atoms with Gasteiger partial charge in [0, 0.05) is 5.56 Å². The monoisotopic (exact) mass is 396 g/mol. The number of hydrogen-bond donors (Lipinski definition) is 0. The smallest absolute Gasteiger partial charge is 0.416 e. The van der Waals surface area contributed by atoms with Crippen LogP contribution in [0.4, 0.5) is 13.2 Å². The largest absolute Gasteiger partial charge is 0.497 e. The third-order valence-electron chi connectivity index (χ3n) is 4.74. The Kier molecular flexibility index (Phi) is 5.87. The van der Waals surface area contributed by atoms with Crippen molar-refractivity contribution >= 4 is 18.4 Å². The summed E-state index contributed by atoms with van der Waals surface area (Å²) in [4.78, 5) is 11.0. The van der Waals surface area contributed by atoms with E-state index in [1.807, 2.05) is 49.4 Å². The molecule has 0 atom stereocenters. The van der Waals surface area contributed by atoms with Crippen molar-refractivity contribution in [1.29, 1.82) is 0 Å². The molecule has 5 heteroatoms. The van der Waals surface area contributed by atoms with Crippen LogP contribution in [0.5, 0.6) is 5.75 Å². The van der Waals surface area contributed by atoms with Crippen LogP contribution in [0.15, 0.2) is 60.7 Å². The number of aldehydes is 1. The average Bonchev–Trinajstić information content (AvgIpc) is 2.72. The molecule has 3 rings (SSSR count). The van der Waals surface area contributed by atoms with Gasteiger partial charge < -0.3 is 4.74 Å². The summed E-state index contributed by atoms with van der Waals surface area (Å²) in [5.74, 6) is 0.747. The van der Waals surface area contributed by atoms with Crippen molar-refractivity contribution in [1.82, 2.24) is 0 Å². The highest BCUT2D eigenvalue weighted by molar-refractivity contribution is 5.81. The molecule has 29 heavy (non-hydrogen) atoms. The minimum Gasteiger partial charge on any atom is -0.497 e. The molecule has 0 heterocycles. The van der Waals surface area contributed by atoms with Crippen molar-refractivity contribution in [3.63, 3.8) is 0 Å². The second-order valence-corrected chi connectivity index (χ2v) is 6.54. The summed E-state index contributed by atoms with van der Waals surface area (Å²) in [5, 5.41) is 0. The molecular formula is C24H19F3O2. The number of benzene rings is 3. The molecule has 3 aromatic carbocycles. The minimum absolute atomic E-state index is 0.0450. The van der Waals surface area contributed by atoms with Crippen molar-refractivity contribution in [2.45, 2.75) is 13.1 Å². The SMILES string of the molecule is COc1ccc(-c2cccc(/C=C/c3cc(C=O)ccc3C(F)(F)F)c2C)cc1. The standard InChI is InChI=1S/C24H19F3O2/c1-16-18(4-3-5-22(16)19-9-11-21(29-2)12-10-19)7-8-20-14-17(15-28)6-13-23(20)24(25,26)27/h3-15H,1-2H3/b8-7+. The first-order valence-electron chi connectivity index (χ1n) is 8.92. The molecule has 0 radical (unpaired) electrons. The molecule has 0 aliphatic heterocycles. The highest BCUT2D eigenvalue weighted by Gasteiger charge is 2.32. The Hall–Kier alpha value is -3.34. The van der Waals surface area contributed by atoms with Gasteiger partial charge in [0.05, 0.1) is 12.7 Å². The number of alkyl halides is 3. The number of ether oxygens (including phenoxy) is 1. The molecule has 0 aliphatic carbocycles. The lowest BCUT2D eigenvalue weighted by Gasteiger charge is -2.12. The van der Waals surface area contributed by atoms with E-state index in [0.29, 0.717) is 6.29 Å². The fourth-order valence-corrected chi connectivity index (χ4v) is 3.15. The van der Waals surface area contributed by atoms with Crippen LogP contribution in [-0.4, -0.2) is 13.4 Å². The lowest BCUT2D eigenvalue weighted by Crippen LogP contribution is -2.07. The predicted molar refractivity (Wildman–Crippen MR) is 109 cm³/mol. The molecule has 0 bridgehead atoms. The van der Waals surface area contributed by atoms with Gasteiger partial charge in [-0.25, -0.2) is 0 Å². The van der Waals surface area contributed by atoms with Crippen LogP contribution >= 0.6 is 0 Å².